The zero-order chi connectivity index (χ0) is 65.7. The Kier molecular flexibility index (Phi) is 60.8. The number of aliphatic hydroxyl groups excluding tert-OH is 1. The maximum absolute atomic E-state index is 13.0. The summed E-state index contributed by atoms with van der Waals surface area (Å²) in [7, 11) is -9.89. The molecule has 0 aromatic heterocycles. The van der Waals surface area contributed by atoms with E-state index in [9.17, 15) is 43.2 Å². The molecule has 0 aromatic rings. The van der Waals surface area contributed by atoms with Crippen LogP contribution in [0, 0.1) is 11.8 Å². The van der Waals surface area contributed by atoms with Crippen LogP contribution in [0.2, 0.25) is 0 Å². The van der Waals surface area contributed by atoms with Crippen LogP contribution in [0.5, 0.6) is 0 Å². The van der Waals surface area contributed by atoms with Crippen LogP contribution < -0.4 is 0 Å². The molecule has 0 saturated carbocycles. The molecule has 0 fully saturated rings. The van der Waals surface area contributed by atoms with Crippen molar-refractivity contribution >= 4 is 39.5 Å². The Hall–Kier alpha value is -1.94. The van der Waals surface area contributed by atoms with Gasteiger partial charge in [0.15, 0.2) is 12.2 Å². The molecule has 0 aromatic carbocycles. The third kappa shape index (κ3) is 63.2. The van der Waals surface area contributed by atoms with Gasteiger partial charge in [0.05, 0.1) is 26.4 Å². The van der Waals surface area contributed by atoms with Gasteiger partial charge in [-0.15, -0.1) is 0 Å². The van der Waals surface area contributed by atoms with Gasteiger partial charge in [0.1, 0.15) is 19.3 Å². The Balaban J connectivity index is 5.10. The molecule has 89 heavy (non-hydrogen) atoms. The van der Waals surface area contributed by atoms with Gasteiger partial charge in [-0.25, -0.2) is 9.13 Å². The molecule has 3 N–H and O–H groups in total. The zero-order valence-electron chi connectivity index (χ0n) is 57.7. The lowest BCUT2D eigenvalue weighted by Crippen LogP contribution is -2.30. The van der Waals surface area contributed by atoms with E-state index in [2.05, 4.69) is 41.5 Å². The summed E-state index contributed by atoms with van der Waals surface area (Å²) in [6.07, 6.45) is 47.5. The summed E-state index contributed by atoms with van der Waals surface area (Å²) in [4.78, 5) is 72.2. The number of esters is 4. The standard InChI is InChI=1S/C70H136O17P2/c1-7-10-12-14-16-35-42-48-54-69(74)86-65(58-80-67(72)52-46-40-32-15-13-11-8-2)60-84-88(76,77)82-56-64(71)57-83-89(78,79)85-61-66(59-81-68(73)53-47-41-36-31-27-28-33-38-44-50-62(4)5)87-70(75)55-49-43-37-30-26-24-22-20-18-17-19-21-23-25-29-34-39-45-51-63(6)9-3/h62-66,71H,7-61H2,1-6H3,(H,76,77)(H,78,79)/t63?,64-,65+,66+/m0/s1. The van der Waals surface area contributed by atoms with Crippen LogP contribution in [0.1, 0.15) is 356 Å². The fourth-order valence-corrected chi connectivity index (χ4v) is 12.1. The van der Waals surface area contributed by atoms with Crippen molar-refractivity contribution in [2.75, 3.05) is 39.6 Å². The molecule has 0 amide bonds. The minimum atomic E-state index is -4.95. The number of phosphoric ester groups is 2. The van der Waals surface area contributed by atoms with Gasteiger partial charge in [0.2, 0.25) is 0 Å². The summed E-state index contributed by atoms with van der Waals surface area (Å²) >= 11 is 0. The van der Waals surface area contributed by atoms with Gasteiger partial charge in [-0.2, -0.15) is 0 Å². The Morgan fingerprint density at radius 3 is 0.854 bits per heavy atom. The highest BCUT2D eigenvalue weighted by atomic mass is 31.2. The summed E-state index contributed by atoms with van der Waals surface area (Å²) in [5.74, 6) is -0.518. The van der Waals surface area contributed by atoms with Crippen molar-refractivity contribution in [2.24, 2.45) is 11.8 Å². The molecule has 0 radical (unpaired) electrons. The van der Waals surface area contributed by atoms with Crippen LogP contribution in [0.15, 0.2) is 0 Å². The van der Waals surface area contributed by atoms with Crippen LogP contribution in [-0.4, -0.2) is 96.7 Å². The van der Waals surface area contributed by atoms with Gasteiger partial charge < -0.3 is 33.8 Å². The first-order chi connectivity index (χ1) is 42.9. The summed E-state index contributed by atoms with van der Waals surface area (Å²) in [5.41, 5.74) is 0. The molecular weight excluding hydrogens is 1170 g/mol. The molecule has 0 rings (SSSR count). The highest BCUT2D eigenvalue weighted by molar-refractivity contribution is 7.47. The summed E-state index contributed by atoms with van der Waals surface area (Å²) in [5, 5.41) is 10.5. The molecule has 528 valence electrons. The number of phosphoric acid groups is 2. The molecule has 0 heterocycles. The Labute approximate surface area is 543 Å². The normalized spacial score (nSPS) is 14.4. The SMILES string of the molecule is CCCCCCCCCCC(=O)O[C@H](COC(=O)CCCCCCCCC)COP(=O)(O)OC[C@H](O)COP(=O)(O)OC[C@@H](COC(=O)CCCCCCCCCCCC(C)C)OC(=O)CCCCCCCCCCCCCCCCCCCCC(C)CC. The van der Waals surface area contributed by atoms with Gasteiger partial charge >= 0.3 is 39.5 Å². The number of hydrogen-bond donors (Lipinski definition) is 3. The van der Waals surface area contributed by atoms with Crippen LogP contribution in [-0.2, 0) is 65.4 Å². The molecule has 0 aliphatic rings. The van der Waals surface area contributed by atoms with Gasteiger partial charge in [0.25, 0.3) is 0 Å². The molecule has 0 aliphatic carbocycles. The monoisotopic (exact) mass is 1310 g/mol. The maximum Gasteiger partial charge on any atom is 0.472 e. The lowest BCUT2D eigenvalue weighted by molar-refractivity contribution is -0.161. The Bertz CT molecular complexity index is 1740. The first kappa shape index (κ1) is 87.1. The van der Waals surface area contributed by atoms with E-state index in [1.807, 2.05) is 0 Å². The number of carbonyl (C=O) groups excluding carboxylic acids is 4. The minimum Gasteiger partial charge on any atom is -0.462 e. The number of hydrogen-bond acceptors (Lipinski definition) is 15. The minimum absolute atomic E-state index is 0.104. The molecule has 0 spiro atoms. The van der Waals surface area contributed by atoms with Gasteiger partial charge in [-0.3, -0.25) is 37.3 Å². The van der Waals surface area contributed by atoms with E-state index in [0.29, 0.717) is 25.7 Å². The number of carbonyl (C=O) groups is 4. The number of aliphatic hydroxyl groups is 1. The first-order valence-corrected chi connectivity index (χ1v) is 39.5. The fraction of sp³-hybridized carbons (Fsp3) is 0.943. The molecule has 17 nitrogen and oxygen atoms in total. The highest BCUT2D eigenvalue weighted by Gasteiger charge is 2.30. The molecule has 0 saturated heterocycles. The largest absolute Gasteiger partial charge is 0.472 e. The predicted molar refractivity (Wildman–Crippen MR) is 358 cm³/mol. The second kappa shape index (κ2) is 62.2. The Morgan fingerprint density at radius 1 is 0.326 bits per heavy atom. The average molecular weight is 1310 g/mol. The van der Waals surface area contributed by atoms with Crippen molar-refractivity contribution in [3.63, 3.8) is 0 Å². The second-order valence-corrected chi connectivity index (χ2v) is 28.9. The van der Waals surface area contributed by atoms with E-state index in [0.717, 1.165) is 121 Å². The lowest BCUT2D eigenvalue weighted by atomic mass is 9.99. The summed E-state index contributed by atoms with van der Waals surface area (Å²) in [6, 6.07) is 0. The van der Waals surface area contributed by atoms with Crippen LogP contribution in [0.3, 0.4) is 0 Å². The molecule has 3 unspecified atom stereocenters. The smallest absolute Gasteiger partial charge is 0.462 e. The zero-order valence-corrected chi connectivity index (χ0v) is 59.5. The van der Waals surface area contributed by atoms with E-state index in [-0.39, 0.29) is 25.7 Å². The quantitative estimate of drug-likeness (QED) is 0.0222. The average Bonchev–Trinajstić information content (AvgIpc) is 3.64. The molecular formula is C70H136O17P2. The first-order valence-electron chi connectivity index (χ1n) is 36.5. The van der Waals surface area contributed by atoms with Gasteiger partial charge in [-0.1, -0.05) is 305 Å². The van der Waals surface area contributed by atoms with E-state index in [4.69, 9.17) is 37.0 Å². The van der Waals surface area contributed by atoms with Gasteiger partial charge in [0, 0.05) is 25.7 Å². The molecule has 6 atom stereocenters. The maximum atomic E-state index is 13.0. The van der Waals surface area contributed by atoms with E-state index in [1.165, 1.54) is 154 Å². The van der Waals surface area contributed by atoms with Gasteiger partial charge in [-0.05, 0) is 37.5 Å². The third-order valence-electron chi connectivity index (χ3n) is 16.6. The predicted octanol–water partition coefficient (Wildman–Crippen LogP) is 20.0. The topological polar surface area (TPSA) is 237 Å². The summed E-state index contributed by atoms with van der Waals surface area (Å²) < 4.78 is 68.0. The number of ether oxygens (including phenoxy) is 4. The van der Waals surface area contributed by atoms with E-state index in [1.54, 1.807) is 0 Å². The van der Waals surface area contributed by atoms with Crippen LogP contribution >= 0.6 is 15.6 Å². The van der Waals surface area contributed by atoms with Crippen molar-refractivity contribution < 1.29 is 80.2 Å². The second-order valence-electron chi connectivity index (χ2n) is 26.0. The van der Waals surface area contributed by atoms with Crippen LogP contribution in [0.4, 0.5) is 0 Å². The van der Waals surface area contributed by atoms with Crippen molar-refractivity contribution in [1.82, 2.24) is 0 Å². The fourth-order valence-electron chi connectivity index (χ4n) is 10.6. The Morgan fingerprint density at radius 2 is 0.573 bits per heavy atom. The van der Waals surface area contributed by atoms with E-state index >= 15 is 0 Å². The van der Waals surface area contributed by atoms with Crippen molar-refractivity contribution in [2.45, 2.75) is 374 Å². The molecule has 0 aliphatic heterocycles. The molecule has 19 heteroatoms. The van der Waals surface area contributed by atoms with Crippen molar-refractivity contribution in [1.29, 1.82) is 0 Å². The third-order valence-corrected chi connectivity index (χ3v) is 18.5. The highest BCUT2D eigenvalue weighted by Crippen LogP contribution is 2.45. The van der Waals surface area contributed by atoms with Crippen LogP contribution in [0.25, 0.3) is 0 Å². The van der Waals surface area contributed by atoms with E-state index < -0.39 is 97.5 Å². The number of rotatable bonds is 69. The summed E-state index contributed by atoms with van der Waals surface area (Å²) in [6.45, 7) is 9.52. The number of unbranched alkanes of at least 4 members (excludes halogenated alkanes) is 38. The lowest BCUT2D eigenvalue weighted by Gasteiger charge is -2.21. The molecule has 0 bridgehead atoms. The van der Waals surface area contributed by atoms with Crippen molar-refractivity contribution in [3.8, 4) is 0 Å². The van der Waals surface area contributed by atoms with Crippen molar-refractivity contribution in [3.05, 3.63) is 0 Å².